The molecule has 4 rings (SSSR count). The lowest BCUT2D eigenvalue weighted by atomic mass is 9.82. The third-order valence-corrected chi connectivity index (χ3v) is 6.43. The number of rotatable bonds is 8. The van der Waals surface area contributed by atoms with Gasteiger partial charge in [0.05, 0.1) is 6.61 Å². The Morgan fingerprint density at radius 1 is 1.09 bits per heavy atom. The van der Waals surface area contributed by atoms with Crippen LogP contribution in [0.3, 0.4) is 0 Å². The van der Waals surface area contributed by atoms with E-state index in [-0.39, 0.29) is 12.2 Å². The van der Waals surface area contributed by atoms with Crippen molar-refractivity contribution in [2.75, 3.05) is 13.2 Å². The lowest BCUT2D eigenvalue weighted by molar-refractivity contribution is -0.142. The fourth-order valence-corrected chi connectivity index (χ4v) is 4.68. The van der Waals surface area contributed by atoms with E-state index in [4.69, 9.17) is 14.9 Å². The average molecular weight is 455 g/mol. The molecule has 33 heavy (non-hydrogen) atoms. The standard InChI is InChI=1S/C26H28F2N2O3/c1-17-25(20-5-3-2-4-6-20)26(22-12-11-21(27)13-23(22)28)29-30(17)14-18-7-9-19(10-8-18)15-33-16-24(31)32/h2-6,11-13,18-19H,7-10,14-16H2,1H3,(H,31,32)/t18-,19+. The SMILES string of the molecule is Cc1c(-c2ccccc2)c(-c2ccc(F)cc2F)nn1C[C@H]1CC[C@@H](COCC(=O)O)CC1. The Morgan fingerprint density at radius 2 is 1.79 bits per heavy atom. The summed E-state index contributed by atoms with van der Waals surface area (Å²) in [6.07, 6.45) is 3.97. The van der Waals surface area contributed by atoms with Gasteiger partial charge in [-0.3, -0.25) is 4.68 Å². The molecule has 0 atom stereocenters. The van der Waals surface area contributed by atoms with Crippen molar-refractivity contribution in [1.82, 2.24) is 9.78 Å². The smallest absolute Gasteiger partial charge is 0.329 e. The zero-order valence-electron chi connectivity index (χ0n) is 18.6. The molecule has 0 amide bonds. The Morgan fingerprint density at radius 3 is 2.45 bits per heavy atom. The molecule has 1 fully saturated rings. The van der Waals surface area contributed by atoms with Crippen LogP contribution in [0.2, 0.25) is 0 Å². The van der Waals surface area contributed by atoms with E-state index in [1.54, 1.807) is 0 Å². The molecule has 1 N–H and O–H groups in total. The molecular weight excluding hydrogens is 426 g/mol. The molecule has 0 saturated heterocycles. The van der Waals surface area contributed by atoms with Crippen LogP contribution in [-0.2, 0) is 16.1 Å². The van der Waals surface area contributed by atoms with E-state index in [9.17, 15) is 13.6 Å². The minimum Gasteiger partial charge on any atom is -0.480 e. The second-order valence-electron chi connectivity index (χ2n) is 8.78. The first-order valence-electron chi connectivity index (χ1n) is 11.3. The summed E-state index contributed by atoms with van der Waals surface area (Å²) in [4.78, 5) is 10.6. The van der Waals surface area contributed by atoms with Crippen molar-refractivity contribution in [2.45, 2.75) is 39.2 Å². The fourth-order valence-electron chi connectivity index (χ4n) is 4.68. The number of hydrogen-bond donors (Lipinski definition) is 1. The molecule has 3 aromatic rings. The number of aromatic nitrogens is 2. The first-order chi connectivity index (χ1) is 15.9. The van der Waals surface area contributed by atoms with Gasteiger partial charge in [-0.1, -0.05) is 30.3 Å². The molecule has 7 heteroatoms. The van der Waals surface area contributed by atoms with Gasteiger partial charge in [-0.25, -0.2) is 13.6 Å². The Bertz CT molecular complexity index is 1110. The molecule has 0 unspecified atom stereocenters. The Labute approximate surface area is 192 Å². The van der Waals surface area contributed by atoms with Crippen LogP contribution in [0.5, 0.6) is 0 Å². The minimum atomic E-state index is -0.944. The van der Waals surface area contributed by atoms with Crippen molar-refractivity contribution in [3.8, 4) is 22.4 Å². The molecular formula is C26H28F2N2O3. The average Bonchev–Trinajstić information content (AvgIpc) is 3.11. The number of carboxylic acids is 1. The van der Waals surface area contributed by atoms with Crippen LogP contribution in [0.15, 0.2) is 48.5 Å². The van der Waals surface area contributed by atoms with Crippen LogP contribution < -0.4 is 0 Å². The second kappa shape index (κ2) is 10.3. The molecule has 5 nitrogen and oxygen atoms in total. The quantitative estimate of drug-likeness (QED) is 0.473. The number of nitrogens with zero attached hydrogens (tertiary/aromatic N) is 2. The van der Waals surface area contributed by atoms with E-state index < -0.39 is 17.6 Å². The molecule has 1 heterocycles. The molecule has 0 radical (unpaired) electrons. The van der Waals surface area contributed by atoms with E-state index >= 15 is 0 Å². The Balaban J connectivity index is 1.55. The summed E-state index contributed by atoms with van der Waals surface area (Å²) >= 11 is 0. The van der Waals surface area contributed by atoms with Crippen molar-refractivity contribution in [3.05, 3.63) is 65.9 Å². The summed E-state index contributed by atoms with van der Waals surface area (Å²) in [6.45, 7) is 2.94. The van der Waals surface area contributed by atoms with Crippen LogP contribution in [0.4, 0.5) is 8.78 Å². The molecule has 2 aromatic carbocycles. The summed E-state index contributed by atoms with van der Waals surface area (Å²) < 4.78 is 35.4. The highest BCUT2D eigenvalue weighted by Crippen LogP contribution is 2.37. The van der Waals surface area contributed by atoms with Gasteiger partial charge in [0.25, 0.3) is 0 Å². The highest BCUT2D eigenvalue weighted by molar-refractivity contribution is 5.82. The van der Waals surface area contributed by atoms with Crippen molar-refractivity contribution >= 4 is 5.97 Å². The Kier molecular flexibility index (Phi) is 7.18. The molecule has 0 bridgehead atoms. The molecule has 0 aliphatic heterocycles. The largest absolute Gasteiger partial charge is 0.480 e. The number of carbonyl (C=O) groups is 1. The van der Waals surface area contributed by atoms with Gasteiger partial charge in [-0.15, -0.1) is 0 Å². The molecule has 1 aromatic heterocycles. The molecule has 174 valence electrons. The van der Waals surface area contributed by atoms with Crippen LogP contribution in [0, 0.1) is 30.4 Å². The van der Waals surface area contributed by atoms with Gasteiger partial charge in [0.2, 0.25) is 0 Å². The lowest BCUT2D eigenvalue weighted by Crippen LogP contribution is -2.23. The van der Waals surface area contributed by atoms with Crippen molar-refractivity contribution in [2.24, 2.45) is 11.8 Å². The molecule has 1 saturated carbocycles. The van der Waals surface area contributed by atoms with Crippen molar-refractivity contribution in [1.29, 1.82) is 0 Å². The highest BCUT2D eigenvalue weighted by atomic mass is 19.1. The van der Waals surface area contributed by atoms with Crippen LogP contribution in [0.1, 0.15) is 31.4 Å². The minimum absolute atomic E-state index is 0.253. The first kappa shape index (κ1) is 23.1. The third kappa shape index (κ3) is 5.47. The van der Waals surface area contributed by atoms with Gasteiger partial charge in [-0.05, 0) is 62.1 Å². The maximum atomic E-state index is 14.7. The maximum Gasteiger partial charge on any atom is 0.329 e. The normalized spacial score (nSPS) is 18.4. The molecule has 0 spiro atoms. The van der Waals surface area contributed by atoms with Gasteiger partial charge >= 0.3 is 5.97 Å². The van der Waals surface area contributed by atoms with Crippen molar-refractivity contribution < 1.29 is 23.4 Å². The maximum absolute atomic E-state index is 14.7. The summed E-state index contributed by atoms with van der Waals surface area (Å²) in [6, 6.07) is 13.4. The van der Waals surface area contributed by atoms with Crippen LogP contribution in [-0.4, -0.2) is 34.1 Å². The van der Waals surface area contributed by atoms with Gasteiger partial charge in [0.1, 0.15) is 23.9 Å². The third-order valence-electron chi connectivity index (χ3n) is 6.43. The van der Waals surface area contributed by atoms with E-state index in [0.717, 1.165) is 55.1 Å². The first-order valence-corrected chi connectivity index (χ1v) is 11.3. The monoisotopic (exact) mass is 454 g/mol. The van der Waals surface area contributed by atoms with Gasteiger partial charge in [0, 0.05) is 29.4 Å². The van der Waals surface area contributed by atoms with E-state index in [2.05, 4.69) is 0 Å². The zero-order chi connectivity index (χ0) is 23.4. The predicted octanol–water partition coefficient (Wildman–Crippen LogP) is 5.71. The summed E-state index contributed by atoms with van der Waals surface area (Å²) in [5.74, 6) is -1.38. The number of aliphatic carboxylic acids is 1. The van der Waals surface area contributed by atoms with Gasteiger partial charge in [-0.2, -0.15) is 5.10 Å². The Hall–Kier alpha value is -3.06. The van der Waals surface area contributed by atoms with Gasteiger partial charge in [0.15, 0.2) is 0 Å². The fraction of sp³-hybridized carbons (Fsp3) is 0.385. The number of ether oxygens (including phenoxy) is 1. The topological polar surface area (TPSA) is 64.4 Å². The predicted molar refractivity (Wildman–Crippen MR) is 122 cm³/mol. The van der Waals surface area contributed by atoms with E-state index in [0.29, 0.717) is 24.1 Å². The number of carboxylic acid groups (broad SMARTS) is 1. The molecule has 1 aliphatic carbocycles. The number of hydrogen-bond acceptors (Lipinski definition) is 3. The summed E-state index contributed by atoms with van der Waals surface area (Å²) in [5, 5.41) is 13.5. The van der Waals surface area contributed by atoms with Gasteiger partial charge < -0.3 is 9.84 Å². The number of halogens is 2. The number of benzene rings is 2. The van der Waals surface area contributed by atoms with Crippen LogP contribution >= 0.6 is 0 Å². The summed E-state index contributed by atoms with van der Waals surface area (Å²) in [7, 11) is 0. The lowest BCUT2D eigenvalue weighted by Gasteiger charge is -2.28. The second-order valence-corrected chi connectivity index (χ2v) is 8.78. The molecule has 1 aliphatic rings. The van der Waals surface area contributed by atoms with E-state index in [1.165, 1.54) is 12.1 Å². The van der Waals surface area contributed by atoms with E-state index in [1.807, 2.05) is 41.9 Å². The highest BCUT2D eigenvalue weighted by Gasteiger charge is 2.25. The summed E-state index contributed by atoms with van der Waals surface area (Å²) in [5.41, 5.74) is 3.56. The van der Waals surface area contributed by atoms with Crippen molar-refractivity contribution in [3.63, 3.8) is 0 Å². The van der Waals surface area contributed by atoms with Crippen LogP contribution in [0.25, 0.3) is 22.4 Å². The zero-order valence-corrected chi connectivity index (χ0v) is 18.6.